The number of hydrogen-bond donors (Lipinski definition) is 4. The number of nitrogens with two attached hydrogens (primary N) is 1. The van der Waals surface area contributed by atoms with Crippen LogP contribution in [-0.2, 0) is 31.9 Å². The van der Waals surface area contributed by atoms with Gasteiger partial charge in [-0.05, 0) is 52.5 Å². The first kappa shape index (κ1) is 44.4. The molecule has 3 heterocycles. The van der Waals surface area contributed by atoms with Gasteiger partial charge in [0.05, 0.1) is 20.3 Å². The molecule has 2 aromatic heterocycles. The van der Waals surface area contributed by atoms with Gasteiger partial charge in [0.25, 0.3) is 0 Å². The number of ether oxygens (including phenoxy) is 2. The molecule has 1 unspecified atom stereocenters. The quantitative estimate of drug-likeness (QED) is 0.0650. The minimum absolute atomic E-state index is 0. The van der Waals surface area contributed by atoms with E-state index in [-0.39, 0.29) is 42.7 Å². The van der Waals surface area contributed by atoms with Crippen LogP contribution in [0.1, 0.15) is 49.1 Å². The van der Waals surface area contributed by atoms with Gasteiger partial charge in [-0.2, -0.15) is 0 Å². The summed E-state index contributed by atoms with van der Waals surface area (Å²) < 4.78 is 9.56. The molecule has 0 spiro atoms. The molecule has 9 nitrogen and oxygen atoms in total. The number of aldehydes is 1. The van der Waals surface area contributed by atoms with Crippen molar-refractivity contribution in [2.45, 2.75) is 38.4 Å². The van der Waals surface area contributed by atoms with Crippen molar-refractivity contribution in [1.82, 2.24) is 15.3 Å². The minimum Gasteiger partial charge on any atom is -0.468 e. The van der Waals surface area contributed by atoms with Gasteiger partial charge in [0, 0.05) is 63.4 Å². The van der Waals surface area contributed by atoms with Crippen LogP contribution in [0.25, 0.3) is 21.8 Å². The lowest BCUT2D eigenvalue weighted by atomic mass is 9.90. The maximum Gasteiger partial charge on any atom is 0.323 e. The summed E-state index contributed by atoms with van der Waals surface area (Å²) in [5.41, 5.74) is 13.1. The Kier molecular flexibility index (Phi) is 18.6. The number of fused-ring (bicyclic) bond motifs is 4. The van der Waals surface area contributed by atoms with Crippen LogP contribution in [0, 0.1) is 36.5 Å². The van der Waals surface area contributed by atoms with E-state index in [1.807, 2.05) is 79.0 Å². The van der Waals surface area contributed by atoms with Crippen molar-refractivity contribution < 1.29 is 26.7 Å². The third kappa shape index (κ3) is 12.1. The Morgan fingerprint density at radius 2 is 1.42 bits per heavy atom. The second-order valence-corrected chi connectivity index (χ2v) is 11.6. The zero-order chi connectivity index (χ0) is 38.0. The van der Waals surface area contributed by atoms with Gasteiger partial charge in [-0.15, -0.1) is 12.8 Å². The van der Waals surface area contributed by atoms with Crippen molar-refractivity contribution in [3.8, 4) is 36.5 Å². The summed E-state index contributed by atoms with van der Waals surface area (Å²) in [5, 5.41) is 5.71. The van der Waals surface area contributed by atoms with Gasteiger partial charge in [-0.1, -0.05) is 104 Å². The number of rotatable bonds is 6. The molecule has 3 radical (unpaired) electrons. The summed E-state index contributed by atoms with van der Waals surface area (Å²) in [6.07, 6.45) is 13.2. The highest BCUT2D eigenvalue weighted by atomic mass is 16.5. The topological polar surface area (TPSA) is 139 Å². The Morgan fingerprint density at radius 1 is 0.855 bits per heavy atom. The van der Waals surface area contributed by atoms with E-state index in [4.69, 9.17) is 23.3 Å². The third-order valence-corrected chi connectivity index (χ3v) is 8.29. The molecule has 0 bridgehead atoms. The van der Waals surface area contributed by atoms with Gasteiger partial charge in [-0.3, -0.25) is 19.7 Å². The molecule has 7 rings (SSSR count). The molecule has 55 heavy (non-hydrogen) atoms. The summed E-state index contributed by atoms with van der Waals surface area (Å²) in [6, 6.07) is 34.4. The molecular formula is C45H48BN4O5. The SMILES string of the molecule is C.C#CC#CC#C.COC(=O)[C@@H](N)Cc1c[nH]c2ccccc12.COC(=O)[C@@H]1Cc2c([nH]c3ccccc23)C(c2ccccc2)N1.O=Cc1ccccc1.[B].[HH].[HH]. The second kappa shape index (κ2) is 23.0. The van der Waals surface area contributed by atoms with Crippen molar-refractivity contribution >= 4 is 48.4 Å². The molecule has 281 valence electrons. The lowest BCUT2D eigenvalue weighted by Crippen LogP contribution is -2.45. The predicted octanol–water partition coefficient (Wildman–Crippen LogP) is 6.66. The third-order valence-electron chi connectivity index (χ3n) is 8.29. The number of carbonyl (C=O) groups is 3. The number of esters is 2. The highest BCUT2D eigenvalue weighted by Gasteiger charge is 2.34. The van der Waals surface area contributed by atoms with Crippen molar-refractivity contribution in [1.29, 1.82) is 0 Å². The predicted molar refractivity (Wildman–Crippen MR) is 225 cm³/mol. The van der Waals surface area contributed by atoms with E-state index in [0.717, 1.165) is 45.1 Å². The number of H-pyrrole nitrogens is 2. The number of aromatic nitrogens is 2. The summed E-state index contributed by atoms with van der Waals surface area (Å²) in [6.45, 7) is 0. The van der Waals surface area contributed by atoms with Crippen LogP contribution in [0.3, 0.4) is 0 Å². The number of nitrogens with one attached hydrogen (secondary N) is 3. The minimum atomic E-state index is -0.607. The van der Waals surface area contributed by atoms with Crippen LogP contribution in [0.15, 0.2) is 115 Å². The number of benzene rings is 4. The number of terminal acetylenes is 2. The number of aromatic amines is 2. The average molecular weight is 736 g/mol. The highest BCUT2D eigenvalue weighted by Crippen LogP contribution is 2.35. The van der Waals surface area contributed by atoms with Crippen LogP contribution < -0.4 is 11.1 Å². The molecule has 5 N–H and O–H groups in total. The van der Waals surface area contributed by atoms with E-state index in [1.54, 1.807) is 12.1 Å². The maximum absolute atomic E-state index is 12.1. The van der Waals surface area contributed by atoms with Crippen LogP contribution in [0.5, 0.6) is 0 Å². The molecular weight excluding hydrogens is 687 g/mol. The number of carbonyl (C=O) groups excluding carboxylic acids is 3. The fourth-order valence-corrected chi connectivity index (χ4v) is 5.81. The summed E-state index contributed by atoms with van der Waals surface area (Å²) >= 11 is 0. The van der Waals surface area contributed by atoms with E-state index in [0.29, 0.717) is 12.8 Å². The lowest BCUT2D eigenvalue weighted by Gasteiger charge is -2.30. The summed E-state index contributed by atoms with van der Waals surface area (Å²) in [5.74, 6) is 8.00. The van der Waals surface area contributed by atoms with E-state index in [9.17, 15) is 14.4 Å². The normalized spacial score (nSPS) is 13.7. The average Bonchev–Trinajstić information content (AvgIpc) is 3.81. The van der Waals surface area contributed by atoms with E-state index < -0.39 is 6.04 Å². The van der Waals surface area contributed by atoms with Crippen LogP contribution in [0.4, 0.5) is 0 Å². The smallest absolute Gasteiger partial charge is 0.323 e. The zero-order valence-corrected chi connectivity index (χ0v) is 30.0. The van der Waals surface area contributed by atoms with Gasteiger partial charge in [0.1, 0.15) is 18.4 Å². The Labute approximate surface area is 327 Å². The van der Waals surface area contributed by atoms with E-state index in [1.165, 1.54) is 25.2 Å². The first-order valence-corrected chi connectivity index (χ1v) is 16.6. The monoisotopic (exact) mass is 735 g/mol. The molecule has 1 aliphatic rings. The van der Waals surface area contributed by atoms with Gasteiger partial charge in [0.2, 0.25) is 0 Å². The second-order valence-electron chi connectivity index (χ2n) is 11.6. The van der Waals surface area contributed by atoms with E-state index >= 15 is 0 Å². The molecule has 0 amide bonds. The zero-order valence-electron chi connectivity index (χ0n) is 30.0. The fraction of sp³-hybridized carbons (Fsp3) is 0.178. The van der Waals surface area contributed by atoms with Crippen molar-refractivity contribution in [2.75, 3.05) is 14.2 Å². The van der Waals surface area contributed by atoms with Gasteiger partial charge in [0.15, 0.2) is 0 Å². The first-order valence-electron chi connectivity index (χ1n) is 16.6. The van der Waals surface area contributed by atoms with Crippen molar-refractivity contribution in [3.05, 3.63) is 143 Å². The van der Waals surface area contributed by atoms with Gasteiger partial charge >= 0.3 is 11.9 Å². The molecule has 10 heteroatoms. The van der Waals surface area contributed by atoms with E-state index in [2.05, 4.69) is 68.0 Å². The molecule has 4 aromatic carbocycles. The van der Waals surface area contributed by atoms with Crippen LogP contribution in [-0.4, -0.2) is 62.9 Å². The van der Waals surface area contributed by atoms with Crippen molar-refractivity contribution in [2.24, 2.45) is 5.73 Å². The molecule has 6 aromatic rings. The molecule has 1 aliphatic heterocycles. The number of hydrogen-bond acceptors (Lipinski definition) is 7. The number of para-hydroxylation sites is 2. The highest BCUT2D eigenvalue weighted by molar-refractivity contribution is 5.87. The summed E-state index contributed by atoms with van der Waals surface area (Å²) in [4.78, 5) is 40.0. The van der Waals surface area contributed by atoms with Gasteiger partial charge < -0.3 is 25.2 Å². The Morgan fingerprint density at radius 3 is 1.98 bits per heavy atom. The van der Waals surface area contributed by atoms with Crippen LogP contribution >= 0.6 is 0 Å². The molecule has 0 aliphatic carbocycles. The molecule has 0 saturated heterocycles. The Bertz CT molecular complexity index is 2270. The number of methoxy groups -OCH3 is 2. The van der Waals surface area contributed by atoms with Crippen molar-refractivity contribution in [3.63, 3.8) is 0 Å². The first-order chi connectivity index (χ1) is 25.8. The Balaban J connectivity index is 0.000000807. The summed E-state index contributed by atoms with van der Waals surface area (Å²) in [7, 11) is 2.78. The van der Waals surface area contributed by atoms with Gasteiger partial charge in [-0.25, -0.2) is 0 Å². The largest absolute Gasteiger partial charge is 0.468 e. The fourth-order valence-electron chi connectivity index (χ4n) is 5.81. The standard InChI is InChI=1S/C19H18N2O2.C12H14N2O2.C7H6O.C6H2.CH4.B.2H2/c1-23-19(22)16-11-14-13-9-5-6-10-15(13)20-18(14)17(21-16)12-7-3-2-4-8-12;1-16-12(15)10(13)6-8-7-14-11-5-3-2-4-9(8)11;8-6-7-4-2-1-3-5-7;1-3-5-6-4-2;;;;/h2-10,16-17,20-21H,11H2,1H3;2-5,7,10,14H,6,13H2,1H3;1-6H;1-2H;1H4;;2*1H/t16-,17?;10-;;;;;;/m00....../s1. The lowest BCUT2D eigenvalue weighted by molar-refractivity contribution is -0.143. The molecule has 0 saturated carbocycles. The Hall–Kier alpha value is -6.77. The van der Waals surface area contributed by atoms with Crippen LogP contribution in [0.2, 0.25) is 0 Å². The molecule has 0 fully saturated rings. The molecule has 3 atom stereocenters. The maximum atomic E-state index is 12.1.